The highest BCUT2D eigenvalue weighted by Crippen LogP contribution is 2.17. The molecule has 2 N–H and O–H groups in total. The van der Waals surface area contributed by atoms with E-state index in [1.54, 1.807) is 24.3 Å². The van der Waals surface area contributed by atoms with Crippen LogP contribution in [0.1, 0.15) is 15.9 Å². The summed E-state index contributed by atoms with van der Waals surface area (Å²) in [6.45, 7) is 0. The average Bonchev–Trinajstić information content (AvgIpc) is 2.51. The molecule has 1 atom stereocenters. The standard InChI is InChI=1S/C16H12ClF2NO3/c17-11-4-2-1-3-9(11)8-14(16(22)23)20-15(21)10-5-6-12(18)13(19)7-10/h1-7,14H,8H2,(H,20,21)(H,22,23)/t14-/m1/s1. The maximum absolute atomic E-state index is 13.1. The molecule has 2 rings (SSSR count). The monoisotopic (exact) mass is 339 g/mol. The van der Waals surface area contributed by atoms with Gasteiger partial charge < -0.3 is 10.4 Å². The van der Waals surface area contributed by atoms with Gasteiger partial charge in [-0.2, -0.15) is 0 Å². The number of aliphatic carboxylic acids is 1. The Morgan fingerprint density at radius 1 is 1.13 bits per heavy atom. The fraction of sp³-hybridized carbons (Fsp3) is 0.125. The lowest BCUT2D eigenvalue weighted by atomic mass is 10.1. The number of hydrogen-bond donors (Lipinski definition) is 2. The summed E-state index contributed by atoms with van der Waals surface area (Å²) in [5.41, 5.74) is 0.376. The molecule has 2 aromatic rings. The van der Waals surface area contributed by atoms with E-state index in [9.17, 15) is 23.5 Å². The summed E-state index contributed by atoms with van der Waals surface area (Å²) in [5.74, 6) is -4.35. The van der Waals surface area contributed by atoms with Gasteiger partial charge >= 0.3 is 5.97 Å². The fourth-order valence-electron chi connectivity index (χ4n) is 1.96. The summed E-state index contributed by atoms with van der Waals surface area (Å²) in [6, 6.07) is 7.96. The van der Waals surface area contributed by atoms with Gasteiger partial charge in [-0.1, -0.05) is 29.8 Å². The number of nitrogens with one attached hydrogen (secondary N) is 1. The molecule has 0 aliphatic rings. The van der Waals surface area contributed by atoms with Crippen LogP contribution in [0, 0.1) is 11.6 Å². The summed E-state index contributed by atoms with van der Waals surface area (Å²) in [5, 5.41) is 11.9. The lowest BCUT2D eigenvalue weighted by Crippen LogP contribution is -2.42. The van der Waals surface area contributed by atoms with E-state index >= 15 is 0 Å². The number of rotatable bonds is 5. The molecular formula is C16H12ClF2NO3. The number of carboxylic acids is 1. The Balaban J connectivity index is 2.16. The first-order chi connectivity index (χ1) is 10.9. The van der Waals surface area contributed by atoms with Crippen LogP contribution in [0.4, 0.5) is 8.78 Å². The topological polar surface area (TPSA) is 66.4 Å². The summed E-state index contributed by atoms with van der Waals surface area (Å²) >= 11 is 5.97. The predicted molar refractivity (Wildman–Crippen MR) is 80.4 cm³/mol. The maximum atomic E-state index is 13.1. The quantitative estimate of drug-likeness (QED) is 0.880. The molecule has 120 valence electrons. The average molecular weight is 340 g/mol. The van der Waals surface area contributed by atoms with Crippen molar-refractivity contribution in [2.45, 2.75) is 12.5 Å². The van der Waals surface area contributed by atoms with Crippen LogP contribution in [0.5, 0.6) is 0 Å². The fourth-order valence-corrected chi connectivity index (χ4v) is 2.18. The van der Waals surface area contributed by atoms with Crippen molar-refractivity contribution < 1.29 is 23.5 Å². The minimum absolute atomic E-state index is 0.0373. The number of benzene rings is 2. The minimum Gasteiger partial charge on any atom is -0.480 e. The molecule has 0 heterocycles. The lowest BCUT2D eigenvalue weighted by Gasteiger charge is -2.15. The normalized spacial score (nSPS) is 11.8. The highest BCUT2D eigenvalue weighted by molar-refractivity contribution is 6.31. The van der Waals surface area contributed by atoms with Gasteiger partial charge in [0.05, 0.1) is 0 Å². The third-order valence-electron chi connectivity index (χ3n) is 3.17. The number of carbonyl (C=O) groups excluding carboxylic acids is 1. The second kappa shape index (κ2) is 7.19. The summed E-state index contributed by atoms with van der Waals surface area (Å²) in [7, 11) is 0. The molecule has 0 spiro atoms. The summed E-state index contributed by atoms with van der Waals surface area (Å²) in [4.78, 5) is 23.3. The van der Waals surface area contributed by atoms with E-state index in [0.29, 0.717) is 16.7 Å². The number of hydrogen-bond acceptors (Lipinski definition) is 2. The molecule has 0 unspecified atom stereocenters. The lowest BCUT2D eigenvalue weighted by molar-refractivity contribution is -0.139. The van der Waals surface area contributed by atoms with Crippen molar-refractivity contribution in [1.82, 2.24) is 5.32 Å². The first kappa shape index (κ1) is 16.9. The predicted octanol–water partition coefficient (Wildman–Crippen LogP) is 3.04. The molecule has 0 aromatic heterocycles. The van der Waals surface area contributed by atoms with Gasteiger partial charge in [0.1, 0.15) is 6.04 Å². The van der Waals surface area contributed by atoms with Crippen molar-refractivity contribution in [3.05, 3.63) is 70.2 Å². The molecule has 0 fully saturated rings. The number of amides is 1. The van der Waals surface area contributed by atoms with Crippen LogP contribution in [0.15, 0.2) is 42.5 Å². The van der Waals surface area contributed by atoms with Crippen LogP contribution in [0.3, 0.4) is 0 Å². The van der Waals surface area contributed by atoms with Crippen LogP contribution in [0.25, 0.3) is 0 Å². The molecule has 1 amide bonds. The Hall–Kier alpha value is -2.47. The van der Waals surface area contributed by atoms with Gasteiger partial charge in [-0.25, -0.2) is 13.6 Å². The molecule has 23 heavy (non-hydrogen) atoms. The smallest absolute Gasteiger partial charge is 0.326 e. The van der Waals surface area contributed by atoms with Gasteiger partial charge in [0, 0.05) is 17.0 Å². The van der Waals surface area contributed by atoms with E-state index in [-0.39, 0.29) is 12.0 Å². The minimum atomic E-state index is -1.26. The highest BCUT2D eigenvalue weighted by Gasteiger charge is 2.22. The summed E-state index contributed by atoms with van der Waals surface area (Å²) in [6.07, 6.45) is -0.0373. The molecule has 0 saturated carbocycles. The maximum Gasteiger partial charge on any atom is 0.326 e. The zero-order valence-electron chi connectivity index (χ0n) is 11.7. The summed E-state index contributed by atoms with van der Waals surface area (Å²) < 4.78 is 26.0. The van der Waals surface area contributed by atoms with Gasteiger partial charge in [-0.3, -0.25) is 4.79 Å². The van der Waals surface area contributed by atoms with Gasteiger partial charge in [-0.15, -0.1) is 0 Å². The van der Waals surface area contributed by atoms with E-state index in [1.165, 1.54) is 0 Å². The third-order valence-corrected chi connectivity index (χ3v) is 3.54. The van der Waals surface area contributed by atoms with Gasteiger partial charge in [0.25, 0.3) is 5.91 Å². The molecule has 0 aliphatic heterocycles. The SMILES string of the molecule is O=C(N[C@H](Cc1ccccc1Cl)C(=O)O)c1ccc(F)c(F)c1. The van der Waals surface area contributed by atoms with E-state index < -0.39 is 29.6 Å². The van der Waals surface area contributed by atoms with Gasteiger partial charge in [0.2, 0.25) is 0 Å². The molecule has 0 radical (unpaired) electrons. The highest BCUT2D eigenvalue weighted by atomic mass is 35.5. The van der Waals surface area contributed by atoms with Crippen molar-refractivity contribution in [1.29, 1.82) is 0 Å². The van der Waals surface area contributed by atoms with E-state index in [0.717, 1.165) is 12.1 Å². The Labute approximate surface area is 135 Å². The Morgan fingerprint density at radius 3 is 2.43 bits per heavy atom. The molecule has 7 heteroatoms. The van der Waals surface area contributed by atoms with Crippen molar-refractivity contribution >= 4 is 23.5 Å². The second-order valence-electron chi connectivity index (χ2n) is 4.79. The molecule has 0 saturated heterocycles. The first-order valence-electron chi connectivity index (χ1n) is 6.60. The van der Waals surface area contributed by atoms with Crippen LogP contribution in [-0.4, -0.2) is 23.0 Å². The number of halogens is 3. The van der Waals surface area contributed by atoms with Crippen LogP contribution >= 0.6 is 11.6 Å². The third kappa shape index (κ3) is 4.26. The van der Waals surface area contributed by atoms with Crippen LogP contribution < -0.4 is 5.32 Å². The number of carboxylic acid groups (broad SMARTS) is 1. The Morgan fingerprint density at radius 2 is 1.83 bits per heavy atom. The molecular weight excluding hydrogens is 328 g/mol. The van der Waals surface area contributed by atoms with Crippen molar-refractivity contribution in [2.24, 2.45) is 0 Å². The zero-order chi connectivity index (χ0) is 17.0. The zero-order valence-corrected chi connectivity index (χ0v) is 12.5. The van der Waals surface area contributed by atoms with E-state index in [1.807, 2.05) is 0 Å². The van der Waals surface area contributed by atoms with E-state index in [2.05, 4.69) is 5.32 Å². The molecule has 4 nitrogen and oxygen atoms in total. The van der Waals surface area contributed by atoms with E-state index in [4.69, 9.17) is 11.6 Å². The number of carbonyl (C=O) groups is 2. The largest absolute Gasteiger partial charge is 0.480 e. The Kier molecular flexibility index (Phi) is 5.28. The van der Waals surface area contributed by atoms with Crippen molar-refractivity contribution in [3.8, 4) is 0 Å². The van der Waals surface area contributed by atoms with Gasteiger partial charge in [-0.05, 0) is 29.8 Å². The molecule has 2 aromatic carbocycles. The second-order valence-corrected chi connectivity index (χ2v) is 5.20. The van der Waals surface area contributed by atoms with Crippen LogP contribution in [-0.2, 0) is 11.2 Å². The Bertz CT molecular complexity index is 752. The van der Waals surface area contributed by atoms with Crippen LogP contribution in [0.2, 0.25) is 5.02 Å². The molecule has 0 bridgehead atoms. The van der Waals surface area contributed by atoms with Gasteiger partial charge in [0.15, 0.2) is 11.6 Å². The van der Waals surface area contributed by atoms with Crippen molar-refractivity contribution in [3.63, 3.8) is 0 Å². The molecule has 0 aliphatic carbocycles. The van der Waals surface area contributed by atoms with Crippen molar-refractivity contribution in [2.75, 3.05) is 0 Å². The first-order valence-corrected chi connectivity index (χ1v) is 6.98.